The predicted octanol–water partition coefficient (Wildman–Crippen LogP) is 4.30. The van der Waals surface area contributed by atoms with Crippen molar-refractivity contribution in [2.24, 2.45) is 5.10 Å². The zero-order valence-corrected chi connectivity index (χ0v) is 21.5. The van der Waals surface area contributed by atoms with Gasteiger partial charge >= 0.3 is 5.97 Å². The number of carbonyl (C=O) groups excluding carboxylic acids is 2. The number of anilines is 1. The summed E-state index contributed by atoms with van der Waals surface area (Å²) in [7, 11) is 1.61. The van der Waals surface area contributed by atoms with Crippen molar-refractivity contribution in [1.29, 1.82) is 0 Å². The molecule has 1 aromatic heterocycles. The molecule has 4 aromatic rings. The van der Waals surface area contributed by atoms with Crippen molar-refractivity contribution in [3.05, 3.63) is 77.9 Å². The molecule has 5 rings (SSSR count). The van der Waals surface area contributed by atoms with Crippen molar-refractivity contribution in [1.82, 2.24) is 15.2 Å². The van der Waals surface area contributed by atoms with Crippen LogP contribution < -0.4 is 10.5 Å². The van der Waals surface area contributed by atoms with Crippen molar-refractivity contribution < 1.29 is 19.1 Å². The van der Waals surface area contributed by atoms with Crippen LogP contribution in [-0.2, 0) is 14.3 Å². The van der Waals surface area contributed by atoms with Crippen molar-refractivity contribution in [3.8, 4) is 5.75 Å². The third-order valence-electron chi connectivity index (χ3n) is 5.84. The number of hydrazone groups is 1. The Labute approximate surface area is 221 Å². The molecule has 0 fully saturated rings. The number of carbonyl (C=O) groups is 2. The fourth-order valence-electron chi connectivity index (χ4n) is 4.02. The van der Waals surface area contributed by atoms with E-state index in [0.29, 0.717) is 15.9 Å². The molecule has 0 saturated heterocycles. The van der Waals surface area contributed by atoms with Crippen molar-refractivity contribution in [3.63, 3.8) is 0 Å². The molecule has 1 amide bonds. The first-order valence-corrected chi connectivity index (χ1v) is 13.2. The van der Waals surface area contributed by atoms with Crippen LogP contribution in [0.1, 0.15) is 23.6 Å². The van der Waals surface area contributed by atoms with Gasteiger partial charge in [0.25, 0.3) is 5.91 Å². The Hall–Kier alpha value is -3.96. The zero-order chi connectivity index (χ0) is 25.8. The number of nitrogen functional groups attached to an aromatic ring is 1. The van der Waals surface area contributed by atoms with Crippen molar-refractivity contribution >= 4 is 56.6 Å². The summed E-state index contributed by atoms with van der Waals surface area (Å²) in [6.45, 7) is -0.418. The number of esters is 1. The van der Waals surface area contributed by atoms with E-state index in [9.17, 15) is 9.59 Å². The number of thioether (sulfide) groups is 1. The van der Waals surface area contributed by atoms with E-state index in [0.717, 1.165) is 45.1 Å². The van der Waals surface area contributed by atoms with E-state index in [4.69, 9.17) is 15.2 Å². The average molecular weight is 534 g/mol. The number of nitrogens with zero attached hydrogens (tertiary/aromatic N) is 4. The Morgan fingerprint density at radius 2 is 1.86 bits per heavy atom. The molecule has 0 spiro atoms. The van der Waals surface area contributed by atoms with Gasteiger partial charge < -0.3 is 15.2 Å². The summed E-state index contributed by atoms with van der Waals surface area (Å²) in [5.74, 6) is -0.227. The van der Waals surface area contributed by atoms with E-state index < -0.39 is 18.5 Å². The molecule has 9 nitrogen and oxygen atoms in total. The van der Waals surface area contributed by atoms with Crippen LogP contribution in [0.25, 0.3) is 10.8 Å². The zero-order valence-electron chi connectivity index (χ0n) is 19.9. The fraction of sp³-hybridized carbons (Fsp3) is 0.192. The number of aromatic nitrogens is 2. The van der Waals surface area contributed by atoms with E-state index in [1.165, 1.54) is 16.3 Å². The minimum absolute atomic E-state index is 0.00453. The fourth-order valence-corrected chi connectivity index (χ4v) is 5.45. The number of hydrogen-bond donors (Lipinski definition) is 1. The van der Waals surface area contributed by atoms with E-state index in [-0.39, 0.29) is 11.8 Å². The molecular weight excluding hydrogens is 510 g/mol. The molecule has 0 unspecified atom stereocenters. The summed E-state index contributed by atoms with van der Waals surface area (Å²) in [6.07, 6.45) is 0.526. The van der Waals surface area contributed by atoms with Crippen LogP contribution in [0.3, 0.4) is 0 Å². The van der Waals surface area contributed by atoms with Crippen LogP contribution in [0, 0.1) is 0 Å². The minimum atomic E-state index is -0.536. The van der Waals surface area contributed by atoms with Gasteiger partial charge in [0.2, 0.25) is 5.13 Å². The Morgan fingerprint density at radius 3 is 2.59 bits per heavy atom. The highest BCUT2D eigenvalue weighted by Gasteiger charge is 2.33. The highest BCUT2D eigenvalue weighted by Crippen LogP contribution is 2.34. The number of hydrogen-bond acceptors (Lipinski definition) is 10. The van der Waals surface area contributed by atoms with Gasteiger partial charge in [-0.2, -0.15) is 5.10 Å². The van der Waals surface area contributed by atoms with Crippen LogP contribution in [0.15, 0.2) is 76.2 Å². The molecule has 0 bridgehead atoms. The van der Waals surface area contributed by atoms with E-state index in [2.05, 4.69) is 27.4 Å². The molecule has 37 heavy (non-hydrogen) atoms. The topological polar surface area (TPSA) is 120 Å². The summed E-state index contributed by atoms with van der Waals surface area (Å²) in [6, 6.07) is 21.4. The lowest BCUT2D eigenvalue weighted by Gasteiger charge is -2.22. The lowest BCUT2D eigenvalue weighted by atomic mass is 9.97. The molecule has 1 aliphatic heterocycles. The second-order valence-corrected chi connectivity index (χ2v) is 10.4. The standard InChI is InChI=1S/C26H23N5O4S2/c1-34-20-10-8-17(9-11-20)22-13-21(19-7-6-16-4-2-3-5-18(16)12-19)30-31(22)23(32)14-35-24(33)15-36-26-29-28-25(27)37-26/h2-12,22H,13-15H2,1H3,(H2,27,28)/t22-/m0/s1. The van der Waals surface area contributed by atoms with Gasteiger partial charge in [-0.05, 0) is 40.1 Å². The maximum Gasteiger partial charge on any atom is 0.316 e. The van der Waals surface area contributed by atoms with Crippen molar-refractivity contribution in [2.45, 2.75) is 16.8 Å². The van der Waals surface area contributed by atoms with Gasteiger partial charge in [-0.3, -0.25) is 9.59 Å². The summed E-state index contributed by atoms with van der Waals surface area (Å²) >= 11 is 2.34. The van der Waals surface area contributed by atoms with Gasteiger partial charge in [0.15, 0.2) is 10.9 Å². The molecule has 1 aliphatic rings. The lowest BCUT2D eigenvalue weighted by Crippen LogP contribution is -2.31. The van der Waals surface area contributed by atoms with E-state index in [1.54, 1.807) is 7.11 Å². The van der Waals surface area contributed by atoms with Gasteiger partial charge in [0.05, 0.1) is 24.6 Å². The predicted molar refractivity (Wildman–Crippen MR) is 144 cm³/mol. The Kier molecular flexibility index (Phi) is 7.33. The smallest absolute Gasteiger partial charge is 0.316 e. The normalized spacial score (nSPS) is 15.0. The molecule has 0 radical (unpaired) electrons. The molecule has 2 heterocycles. The van der Waals surface area contributed by atoms with Gasteiger partial charge in [-0.25, -0.2) is 5.01 Å². The first-order chi connectivity index (χ1) is 18.0. The number of methoxy groups -OCH3 is 1. The van der Waals surface area contributed by atoms with Crippen LogP contribution in [-0.4, -0.2) is 52.3 Å². The minimum Gasteiger partial charge on any atom is -0.497 e. The molecule has 11 heteroatoms. The maximum absolute atomic E-state index is 13.2. The summed E-state index contributed by atoms with van der Waals surface area (Å²) in [5, 5.41) is 16.2. The first-order valence-electron chi connectivity index (χ1n) is 11.4. The van der Waals surface area contributed by atoms with Crippen LogP contribution in [0.4, 0.5) is 5.13 Å². The highest BCUT2D eigenvalue weighted by molar-refractivity contribution is 8.01. The summed E-state index contributed by atoms with van der Waals surface area (Å²) < 4.78 is 11.1. The monoisotopic (exact) mass is 533 g/mol. The van der Waals surface area contributed by atoms with Crippen LogP contribution in [0.2, 0.25) is 0 Å². The van der Waals surface area contributed by atoms with E-state index in [1.807, 2.05) is 54.6 Å². The SMILES string of the molecule is COc1ccc([C@@H]2CC(c3ccc4ccccc4c3)=NN2C(=O)COC(=O)CSc2nnc(N)s2)cc1. The Morgan fingerprint density at radius 1 is 1.08 bits per heavy atom. The molecule has 1 atom stereocenters. The number of fused-ring (bicyclic) bond motifs is 1. The molecule has 188 valence electrons. The third kappa shape index (κ3) is 5.73. The number of rotatable bonds is 8. The molecule has 3 aromatic carbocycles. The van der Waals surface area contributed by atoms with Gasteiger partial charge in [-0.15, -0.1) is 10.2 Å². The quantitative estimate of drug-likeness (QED) is 0.263. The highest BCUT2D eigenvalue weighted by atomic mass is 32.2. The average Bonchev–Trinajstić information content (AvgIpc) is 3.57. The lowest BCUT2D eigenvalue weighted by molar-refractivity contribution is -0.150. The second kappa shape index (κ2) is 11.0. The van der Waals surface area contributed by atoms with Crippen molar-refractivity contribution in [2.75, 3.05) is 25.2 Å². The largest absolute Gasteiger partial charge is 0.497 e. The third-order valence-corrected chi connectivity index (χ3v) is 7.70. The Balaban J connectivity index is 1.32. The number of ether oxygens (including phenoxy) is 2. The number of nitrogens with two attached hydrogens (primary N) is 1. The maximum atomic E-state index is 13.2. The molecule has 2 N–H and O–H groups in total. The summed E-state index contributed by atoms with van der Waals surface area (Å²) in [5.41, 5.74) is 8.19. The molecule has 0 aliphatic carbocycles. The number of amides is 1. The summed E-state index contributed by atoms with van der Waals surface area (Å²) in [4.78, 5) is 25.4. The van der Waals surface area contributed by atoms with E-state index >= 15 is 0 Å². The molecule has 0 saturated carbocycles. The Bertz CT molecular complexity index is 1470. The van der Waals surface area contributed by atoms with Crippen LogP contribution in [0.5, 0.6) is 5.75 Å². The van der Waals surface area contributed by atoms with Crippen LogP contribution >= 0.6 is 23.1 Å². The first kappa shape index (κ1) is 24.7. The second-order valence-electron chi connectivity index (χ2n) is 8.20. The number of benzene rings is 3. The van der Waals surface area contributed by atoms with Gasteiger partial charge in [0, 0.05) is 6.42 Å². The van der Waals surface area contributed by atoms with Gasteiger partial charge in [-0.1, -0.05) is 71.6 Å². The van der Waals surface area contributed by atoms with Gasteiger partial charge in [0.1, 0.15) is 5.75 Å². The molecular formula is C26H23N5O4S2.